The number of nitrogens with one attached hydrogen (secondary N) is 1. The normalized spacial score (nSPS) is 21.6. The Morgan fingerprint density at radius 2 is 2.12 bits per heavy atom. The number of para-hydroxylation sites is 2. The molecule has 1 N–H and O–H groups in total. The van der Waals surface area contributed by atoms with Gasteiger partial charge < -0.3 is 5.32 Å². The minimum absolute atomic E-state index is 0.817. The molecular formula is C13H10N2OS. The highest BCUT2D eigenvalue weighted by atomic mass is 32.1. The van der Waals surface area contributed by atoms with Crippen LogP contribution in [0.25, 0.3) is 0 Å². The summed E-state index contributed by atoms with van der Waals surface area (Å²) in [6.07, 6.45) is 2.58. The van der Waals surface area contributed by atoms with E-state index in [1.54, 1.807) is 17.6 Å². The van der Waals surface area contributed by atoms with E-state index < -0.39 is 5.54 Å². The highest BCUT2D eigenvalue weighted by Crippen LogP contribution is 2.36. The molecule has 4 heteroatoms. The molecule has 3 nitrogen and oxygen atoms in total. The Balaban J connectivity index is 2.10. The molecule has 0 spiro atoms. The largest absolute Gasteiger partial charge is 0.363 e. The summed E-state index contributed by atoms with van der Waals surface area (Å²) in [4.78, 5) is 16.8. The van der Waals surface area contributed by atoms with Crippen LogP contribution in [0.1, 0.15) is 4.88 Å². The van der Waals surface area contributed by atoms with E-state index in [0.717, 1.165) is 22.5 Å². The number of carbonyl (C=O) groups is 1. The smallest absolute Gasteiger partial charge is 0.164 e. The SMILES string of the molecule is O=CC1(c2cccs2)C=Nc2ccccc2N1. The maximum absolute atomic E-state index is 11.4. The van der Waals surface area contributed by atoms with Gasteiger partial charge in [0, 0.05) is 11.1 Å². The van der Waals surface area contributed by atoms with E-state index in [2.05, 4.69) is 10.3 Å². The molecule has 1 aromatic heterocycles. The van der Waals surface area contributed by atoms with Gasteiger partial charge in [0.15, 0.2) is 11.8 Å². The second-order valence-electron chi connectivity index (χ2n) is 3.86. The number of benzene rings is 1. The first-order chi connectivity index (χ1) is 8.34. The third-order valence-corrected chi connectivity index (χ3v) is 3.79. The Labute approximate surface area is 103 Å². The van der Waals surface area contributed by atoms with Crippen molar-refractivity contribution in [1.82, 2.24) is 0 Å². The lowest BCUT2D eigenvalue weighted by atomic mass is 9.98. The topological polar surface area (TPSA) is 41.5 Å². The molecule has 1 aromatic carbocycles. The molecule has 1 aliphatic rings. The van der Waals surface area contributed by atoms with E-state index >= 15 is 0 Å². The van der Waals surface area contributed by atoms with Crippen LogP contribution < -0.4 is 5.32 Å². The quantitative estimate of drug-likeness (QED) is 0.822. The highest BCUT2D eigenvalue weighted by molar-refractivity contribution is 7.10. The first-order valence-electron chi connectivity index (χ1n) is 5.27. The fraction of sp³-hybridized carbons (Fsp3) is 0.0769. The summed E-state index contributed by atoms with van der Waals surface area (Å²) >= 11 is 1.54. The Morgan fingerprint density at radius 1 is 1.24 bits per heavy atom. The van der Waals surface area contributed by atoms with Crippen molar-refractivity contribution in [3.05, 3.63) is 46.7 Å². The molecule has 0 bridgehead atoms. The number of anilines is 1. The molecule has 1 atom stereocenters. The van der Waals surface area contributed by atoms with Crippen LogP contribution in [-0.4, -0.2) is 12.5 Å². The average Bonchev–Trinajstić information content (AvgIpc) is 2.92. The zero-order valence-electron chi connectivity index (χ0n) is 8.96. The standard InChI is InChI=1S/C13H10N2OS/c16-9-13(12-6-3-7-17-12)8-14-10-4-1-2-5-11(10)15-13/h1-9,15H. The second-order valence-corrected chi connectivity index (χ2v) is 4.81. The van der Waals surface area contributed by atoms with Crippen molar-refractivity contribution in [3.8, 4) is 0 Å². The molecule has 1 unspecified atom stereocenters. The maximum atomic E-state index is 11.4. The number of carbonyl (C=O) groups excluding carboxylic acids is 1. The third-order valence-electron chi connectivity index (χ3n) is 2.77. The van der Waals surface area contributed by atoms with E-state index in [-0.39, 0.29) is 0 Å². The van der Waals surface area contributed by atoms with Crippen LogP contribution in [0.15, 0.2) is 46.8 Å². The van der Waals surface area contributed by atoms with E-state index in [9.17, 15) is 4.79 Å². The van der Waals surface area contributed by atoms with Crippen LogP contribution in [0.5, 0.6) is 0 Å². The first kappa shape index (κ1) is 10.2. The minimum atomic E-state index is -0.817. The maximum Gasteiger partial charge on any atom is 0.164 e. The Kier molecular flexibility index (Phi) is 2.30. The summed E-state index contributed by atoms with van der Waals surface area (Å²) in [5, 5.41) is 5.21. The van der Waals surface area contributed by atoms with Gasteiger partial charge in [-0.3, -0.25) is 9.79 Å². The number of nitrogens with zero attached hydrogens (tertiary/aromatic N) is 1. The minimum Gasteiger partial charge on any atom is -0.363 e. The van der Waals surface area contributed by atoms with E-state index in [4.69, 9.17) is 0 Å². The molecule has 84 valence electrons. The summed E-state index contributed by atoms with van der Waals surface area (Å²) in [5.41, 5.74) is 0.930. The van der Waals surface area contributed by atoms with Crippen molar-refractivity contribution in [1.29, 1.82) is 0 Å². The number of hydrogen-bond donors (Lipinski definition) is 1. The van der Waals surface area contributed by atoms with Crippen molar-refractivity contribution in [2.24, 2.45) is 4.99 Å². The average molecular weight is 242 g/mol. The van der Waals surface area contributed by atoms with Gasteiger partial charge in [-0.05, 0) is 23.6 Å². The lowest BCUT2D eigenvalue weighted by Gasteiger charge is -2.29. The number of aldehydes is 1. The van der Waals surface area contributed by atoms with E-state index in [0.29, 0.717) is 0 Å². The number of rotatable bonds is 2. The molecule has 17 heavy (non-hydrogen) atoms. The summed E-state index contributed by atoms with van der Waals surface area (Å²) in [5.74, 6) is 0. The van der Waals surface area contributed by atoms with Gasteiger partial charge in [0.05, 0.1) is 11.4 Å². The predicted molar refractivity (Wildman–Crippen MR) is 70.3 cm³/mol. The number of thiophene rings is 1. The van der Waals surface area contributed by atoms with Crippen molar-refractivity contribution in [2.75, 3.05) is 5.32 Å². The molecule has 0 amide bonds. The summed E-state index contributed by atoms with van der Waals surface area (Å²) in [7, 11) is 0. The Morgan fingerprint density at radius 3 is 2.88 bits per heavy atom. The van der Waals surface area contributed by atoms with Gasteiger partial charge in [0.2, 0.25) is 0 Å². The van der Waals surface area contributed by atoms with Crippen LogP contribution in [0, 0.1) is 0 Å². The lowest BCUT2D eigenvalue weighted by Crippen LogP contribution is -2.39. The Hall–Kier alpha value is -1.94. The molecule has 0 radical (unpaired) electrons. The highest BCUT2D eigenvalue weighted by Gasteiger charge is 2.34. The molecule has 0 saturated heterocycles. The summed E-state index contributed by atoms with van der Waals surface area (Å²) in [6.45, 7) is 0. The molecule has 1 aliphatic heterocycles. The molecule has 0 saturated carbocycles. The van der Waals surface area contributed by atoms with E-state index in [1.807, 2.05) is 41.8 Å². The van der Waals surface area contributed by atoms with Crippen LogP contribution in [0.3, 0.4) is 0 Å². The lowest BCUT2D eigenvalue weighted by molar-refractivity contribution is -0.109. The van der Waals surface area contributed by atoms with Gasteiger partial charge in [0.25, 0.3) is 0 Å². The molecular weight excluding hydrogens is 232 g/mol. The second kappa shape index (κ2) is 3.82. The fourth-order valence-electron chi connectivity index (χ4n) is 1.88. The van der Waals surface area contributed by atoms with Gasteiger partial charge in [0.1, 0.15) is 0 Å². The van der Waals surface area contributed by atoms with Gasteiger partial charge in [-0.15, -0.1) is 11.3 Å². The monoisotopic (exact) mass is 242 g/mol. The van der Waals surface area contributed by atoms with E-state index in [1.165, 1.54) is 0 Å². The van der Waals surface area contributed by atoms with Crippen molar-refractivity contribution in [2.45, 2.75) is 5.54 Å². The number of hydrogen-bond acceptors (Lipinski definition) is 4. The summed E-state index contributed by atoms with van der Waals surface area (Å²) < 4.78 is 0. The van der Waals surface area contributed by atoms with Crippen LogP contribution in [-0.2, 0) is 10.3 Å². The van der Waals surface area contributed by atoms with Gasteiger partial charge in [-0.2, -0.15) is 0 Å². The predicted octanol–water partition coefficient (Wildman–Crippen LogP) is 2.97. The van der Waals surface area contributed by atoms with Crippen molar-refractivity contribution in [3.63, 3.8) is 0 Å². The Bertz CT molecular complexity index is 577. The summed E-state index contributed by atoms with van der Waals surface area (Å²) in [6, 6.07) is 11.6. The van der Waals surface area contributed by atoms with Crippen LogP contribution in [0.4, 0.5) is 11.4 Å². The van der Waals surface area contributed by atoms with Gasteiger partial charge >= 0.3 is 0 Å². The third kappa shape index (κ3) is 1.57. The van der Waals surface area contributed by atoms with Crippen molar-refractivity contribution < 1.29 is 4.79 Å². The zero-order chi connectivity index (χ0) is 11.7. The zero-order valence-corrected chi connectivity index (χ0v) is 9.78. The van der Waals surface area contributed by atoms with Crippen LogP contribution in [0.2, 0.25) is 0 Å². The first-order valence-corrected chi connectivity index (χ1v) is 6.15. The van der Waals surface area contributed by atoms with Gasteiger partial charge in [-0.1, -0.05) is 18.2 Å². The van der Waals surface area contributed by atoms with Crippen LogP contribution >= 0.6 is 11.3 Å². The number of aliphatic imine (C=N–C) groups is 1. The fourth-order valence-corrected chi connectivity index (χ4v) is 2.68. The molecule has 0 aliphatic carbocycles. The molecule has 3 rings (SSSR count). The van der Waals surface area contributed by atoms with Crippen molar-refractivity contribution >= 4 is 35.2 Å². The molecule has 2 heterocycles. The van der Waals surface area contributed by atoms with Gasteiger partial charge in [-0.25, -0.2) is 0 Å². The molecule has 2 aromatic rings. The number of fused-ring (bicyclic) bond motifs is 1. The molecule has 0 fully saturated rings.